The zero-order valence-electron chi connectivity index (χ0n) is 7.96. The van der Waals surface area contributed by atoms with Crippen molar-refractivity contribution in [1.29, 1.82) is 0 Å². The highest BCUT2D eigenvalue weighted by Crippen LogP contribution is 2.08. The van der Waals surface area contributed by atoms with Gasteiger partial charge >= 0.3 is 0 Å². The summed E-state index contributed by atoms with van der Waals surface area (Å²) in [7, 11) is 0. The first-order valence-electron chi connectivity index (χ1n) is 4.39. The quantitative estimate of drug-likeness (QED) is 0.354. The van der Waals surface area contributed by atoms with E-state index in [9.17, 15) is 15.3 Å². The van der Waals surface area contributed by atoms with Crippen LogP contribution in [0.5, 0.6) is 0 Å². The van der Waals surface area contributed by atoms with E-state index in [0.29, 0.717) is 6.42 Å². The highest BCUT2D eigenvalue weighted by molar-refractivity contribution is 4.84. The Morgan fingerprint density at radius 2 is 1.46 bits per heavy atom. The smallest absolute Gasteiger partial charge is 0.110 e. The van der Waals surface area contributed by atoms with Gasteiger partial charge in [-0.1, -0.05) is 6.92 Å². The molecule has 0 aliphatic carbocycles. The molecule has 0 aromatic rings. The van der Waals surface area contributed by atoms with Gasteiger partial charge < -0.3 is 26.2 Å². The zero-order valence-corrected chi connectivity index (χ0v) is 7.96. The molecule has 0 amide bonds. The lowest BCUT2D eigenvalue weighted by atomic mass is 9.97. The van der Waals surface area contributed by atoms with Crippen molar-refractivity contribution in [2.45, 2.75) is 50.7 Å². The SMILES string of the molecule is CC[C@H](N)C(O)[C@@H](O)[C@@H](O)C(C)O. The molecule has 2 unspecified atom stereocenters. The van der Waals surface area contributed by atoms with Crippen LogP contribution in [0.4, 0.5) is 0 Å². The van der Waals surface area contributed by atoms with E-state index in [1.54, 1.807) is 6.92 Å². The third kappa shape index (κ3) is 3.58. The summed E-state index contributed by atoms with van der Waals surface area (Å²) in [5, 5.41) is 36.8. The summed E-state index contributed by atoms with van der Waals surface area (Å²) in [5.41, 5.74) is 5.45. The van der Waals surface area contributed by atoms with E-state index in [-0.39, 0.29) is 0 Å². The summed E-state index contributed by atoms with van der Waals surface area (Å²) in [6.07, 6.45) is -4.59. The Labute approximate surface area is 77.8 Å². The Balaban J connectivity index is 4.15. The highest BCUT2D eigenvalue weighted by atomic mass is 16.4. The van der Waals surface area contributed by atoms with Crippen molar-refractivity contribution in [2.75, 3.05) is 0 Å². The first-order valence-corrected chi connectivity index (χ1v) is 4.39. The van der Waals surface area contributed by atoms with E-state index in [0.717, 1.165) is 0 Å². The minimum atomic E-state index is -1.41. The van der Waals surface area contributed by atoms with Crippen molar-refractivity contribution in [2.24, 2.45) is 5.73 Å². The maximum atomic E-state index is 9.36. The lowest BCUT2D eigenvalue weighted by molar-refractivity contribution is -0.105. The predicted molar refractivity (Wildman–Crippen MR) is 48.0 cm³/mol. The van der Waals surface area contributed by atoms with Crippen molar-refractivity contribution in [1.82, 2.24) is 0 Å². The second kappa shape index (κ2) is 5.51. The lowest BCUT2D eigenvalue weighted by Crippen LogP contribution is -2.50. The number of hydrogen-bond acceptors (Lipinski definition) is 5. The Morgan fingerprint density at radius 3 is 1.77 bits per heavy atom. The van der Waals surface area contributed by atoms with E-state index >= 15 is 0 Å². The van der Waals surface area contributed by atoms with Gasteiger partial charge in [-0.25, -0.2) is 0 Å². The summed E-state index contributed by atoms with van der Waals surface area (Å²) in [5.74, 6) is 0. The molecule has 0 aromatic carbocycles. The Kier molecular flexibility index (Phi) is 5.43. The molecule has 0 fully saturated rings. The first kappa shape index (κ1) is 12.8. The van der Waals surface area contributed by atoms with Crippen molar-refractivity contribution in [3.63, 3.8) is 0 Å². The second-order valence-corrected chi connectivity index (χ2v) is 3.28. The molecular weight excluding hydrogens is 174 g/mol. The highest BCUT2D eigenvalue weighted by Gasteiger charge is 2.30. The predicted octanol–water partition coefficient (Wildman–Crippen LogP) is -1.81. The molecule has 5 heteroatoms. The van der Waals surface area contributed by atoms with E-state index in [4.69, 9.17) is 10.8 Å². The van der Waals surface area contributed by atoms with Gasteiger partial charge in [0, 0.05) is 6.04 Å². The number of nitrogens with two attached hydrogens (primary N) is 1. The van der Waals surface area contributed by atoms with Crippen LogP contribution in [-0.2, 0) is 0 Å². The standard InChI is InChI=1S/C8H19NO4/c1-3-5(9)7(12)8(13)6(11)4(2)10/h4-8,10-13H,3,9H2,1-2H3/t4?,5-,6-,7?,8-/m0/s1. The van der Waals surface area contributed by atoms with Gasteiger partial charge in [0.05, 0.1) is 12.2 Å². The molecule has 0 saturated carbocycles. The van der Waals surface area contributed by atoms with Crippen LogP contribution < -0.4 is 5.73 Å². The molecule has 0 aromatic heterocycles. The van der Waals surface area contributed by atoms with Crippen LogP contribution in [0.3, 0.4) is 0 Å². The molecule has 0 aliphatic heterocycles. The van der Waals surface area contributed by atoms with Crippen LogP contribution in [0, 0.1) is 0 Å². The minimum Gasteiger partial charge on any atom is -0.391 e. The average molecular weight is 193 g/mol. The monoisotopic (exact) mass is 193 g/mol. The molecule has 13 heavy (non-hydrogen) atoms. The third-order valence-corrected chi connectivity index (χ3v) is 2.10. The van der Waals surface area contributed by atoms with Gasteiger partial charge in [-0.15, -0.1) is 0 Å². The van der Waals surface area contributed by atoms with Gasteiger partial charge in [0.1, 0.15) is 12.2 Å². The van der Waals surface area contributed by atoms with Gasteiger partial charge in [-0.05, 0) is 13.3 Å². The van der Waals surface area contributed by atoms with Crippen LogP contribution in [0.2, 0.25) is 0 Å². The lowest BCUT2D eigenvalue weighted by Gasteiger charge is -2.27. The van der Waals surface area contributed by atoms with Crippen molar-refractivity contribution < 1.29 is 20.4 Å². The molecule has 0 heterocycles. The summed E-state index contributed by atoms with van der Waals surface area (Å²) in [4.78, 5) is 0. The maximum Gasteiger partial charge on any atom is 0.110 e. The van der Waals surface area contributed by atoms with Crippen LogP contribution in [0.1, 0.15) is 20.3 Å². The third-order valence-electron chi connectivity index (χ3n) is 2.10. The summed E-state index contributed by atoms with van der Waals surface area (Å²) < 4.78 is 0. The number of aliphatic hydroxyl groups is 4. The van der Waals surface area contributed by atoms with Gasteiger partial charge in [0.15, 0.2) is 0 Å². The van der Waals surface area contributed by atoms with Gasteiger partial charge in [-0.2, -0.15) is 0 Å². The zero-order chi connectivity index (χ0) is 10.6. The van der Waals surface area contributed by atoms with Gasteiger partial charge in [-0.3, -0.25) is 0 Å². The molecule has 5 atom stereocenters. The Hall–Kier alpha value is -0.200. The van der Waals surface area contributed by atoms with Crippen molar-refractivity contribution >= 4 is 0 Å². The van der Waals surface area contributed by atoms with Crippen LogP contribution >= 0.6 is 0 Å². The fourth-order valence-electron chi connectivity index (χ4n) is 0.982. The Bertz CT molecular complexity index is 142. The number of rotatable bonds is 5. The summed E-state index contributed by atoms with van der Waals surface area (Å²) in [6, 6.07) is -0.594. The first-order chi connectivity index (χ1) is 5.91. The molecule has 0 rings (SSSR count). The van der Waals surface area contributed by atoms with Gasteiger partial charge in [0.25, 0.3) is 0 Å². The Morgan fingerprint density at radius 1 is 1.00 bits per heavy atom. The molecule has 80 valence electrons. The van der Waals surface area contributed by atoms with Crippen LogP contribution in [0.25, 0.3) is 0 Å². The minimum absolute atomic E-state index is 0.491. The molecular formula is C8H19NO4. The van der Waals surface area contributed by atoms with E-state index in [1.165, 1.54) is 6.92 Å². The van der Waals surface area contributed by atoms with Crippen LogP contribution in [0.15, 0.2) is 0 Å². The molecule has 0 aliphatic rings. The topological polar surface area (TPSA) is 107 Å². The largest absolute Gasteiger partial charge is 0.391 e. The normalized spacial score (nSPS) is 23.3. The summed E-state index contributed by atoms with van der Waals surface area (Å²) in [6.45, 7) is 3.09. The molecule has 6 N–H and O–H groups in total. The van der Waals surface area contributed by atoms with Crippen molar-refractivity contribution in [3.8, 4) is 0 Å². The molecule has 5 nitrogen and oxygen atoms in total. The maximum absolute atomic E-state index is 9.36. The van der Waals surface area contributed by atoms with Crippen molar-refractivity contribution in [3.05, 3.63) is 0 Å². The van der Waals surface area contributed by atoms with E-state index < -0.39 is 30.5 Å². The molecule has 0 saturated heterocycles. The molecule has 0 radical (unpaired) electrons. The second-order valence-electron chi connectivity index (χ2n) is 3.28. The van der Waals surface area contributed by atoms with Crippen LogP contribution in [-0.4, -0.2) is 50.9 Å². The number of hydrogen-bond donors (Lipinski definition) is 5. The molecule has 0 bridgehead atoms. The summed E-state index contributed by atoms with van der Waals surface area (Å²) >= 11 is 0. The van der Waals surface area contributed by atoms with Gasteiger partial charge in [0.2, 0.25) is 0 Å². The fourth-order valence-corrected chi connectivity index (χ4v) is 0.982. The fraction of sp³-hybridized carbons (Fsp3) is 1.00. The molecule has 0 spiro atoms. The van der Waals surface area contributed by atoms with E-state index in [1.807, 2.05) is 0 Å². The average Bonchev–Trinajstić information content (AvgIpc) is 2.12. The van der Waals surface area contributed by atoms with E-state index in [2.05, 4.69) is 0 Å². The number of aliphatic hydroxyl groups excluding tert-OH is 4.